The van der Waals surface area contributed by atoms with Gasteiger partial charge in [0, 0.05) is 6.54 Å². The van der Waals surface area contributed by atoms with Crippen LogP contribution in [0.3, 0.4) is 0 Å². The number of nitrogens with zero attached hydrogens (tertiary/aromatic N) is 1. The molecule has 0 fully saturated rings. The predicted octanol–water partition coefficient (Wildman–Crippen LogP) is 2.60. The van der Waals surface area contributed by atoms with E-state index in [0.29, 0.717) is 0 Å². The molecule has 0 bridgehead atoms. The highest BCUT2D eigenvalue weighted by atomic mass is 15.1. The van der Waals surface area contributed by atoms with Crippen LogP contribution in [0, 0.1) is 11.8 Å². The Labute approximate surface area is 96.4 Å². The van der Waals surface area contributed by atoms with Crippen molar-refractivity contribution in [2.75, 3.05) is 33.7 Å². The van der Waals surface area contributed by atoms with E-state index in [-0.39, 0.29) is 0 Å². The summed E-state index contributed by atoms with van der Waals surface area (Å²) in [6, 6.07) is 0. The highest BCUT2D eigenvalue weighted by molar-refractivity contribution is 4.68. The van der Waals surface area contributed by atoms with E-state index in [4.69, 9.17) is 0 Å². The predicted molar refractivity (Wildman–Crippen MR) is 69.3 cm³/mol. The van der Waals surface area contributed by atoms with Crippen LogP contribution >= 0.6 is 0 Å². The molecule has 0 radical (unpaired) electrons. The van der Waals surface area contributed by atoms with Gasteiger partial charge >= 0.3 is 0 Å². The Hall–Kier alpha value is -0.0800. The van der Waals surface area contributed by atoms with Crippen molar-refractivity contribution in [2.24, 2.45) is 11.8 Å². The molecule has 0 aliphatic carbocycles. The van der Waals surface area contributed by atoms with Crippen LogP contribution in [0.2, 0.25) is 0 Å². The molecule has 0 aromatic carbocycles. The Kier molecular flexibility index (Phi) is 9.12. The molecule has 15 heavy (non-hydrogen) atoms. The zero-order valence-corrected chi connectivity index (χ0v) is 11.3. The van der Waals surface area contributed by atoms with Crippen molar-refractivity contribution >= 4 is 0 Å². The lowest BCUT2D eigenvalue weighted by Crippen LogP contribution is -2.34. The maximum absolute atomic E-state index is 3.30. The molecule has 0 aromatic rings. The van der Waals surface area contributed by atoms with E-state index < -0.39 is 0 Å². The number of rotatable bonds is 9. The largest absolute Gasteiger partial charge is 0.319 e. The quantitative estimate of drug-likeness (QED) is 0.594. The van der Waals surface area contributed by atoms with E-state index in [0.717, 1.165) is 18.4 Å². The minimum absolute atomic E-state index is 0.770. The number of hydrogen-bond donors (Lipinski definition) is 1. The smallest absolute Gasteiger partial charge is 0.00212 e. The van der Waals surface area contributed by atoms with Crippen LogP contribution in [0.1, 0.15) is 40.0 Å². The molecule has 0 spiro atoms. The second kappa shape index (κ2) is 9.17. The highest BCUT2D eigenvalue weighted by Crippen LogP contribution is 2.11. The topological polar surface area (TPSA) is 15.3 Å². The molecule has 0 saturated carbocycles. The first-order chi connectivity index (χ1) is 7.11. The summed E-state index contributed by atoms with van der Waals surface area (Å²) in [7, 11) is 4.30. The van der Waals surface area contributed by atoms with Gasteiger partial charge in [0.15, 0.2) is 0 Å². The lowest BCUT2D eigenvalue weighted by Gasteiger charge is -2.26. The van der Waals surface area contributed by atoms with E-state index in [1.807, 2.05) is 7.05 Å². The molecule has 0 amide bonds. The van der Waals surface area contributed by atoms with Gasteiger partial charge in [-0.05, 0) is 45.4 Å². The third kappa shape index (κ3) is 7.80. The van der Waals surface area contributed by atoms with Gasteiger partial charge in [0.1, 0.15) is 0 Å². The van der Waals surface area contributed by atoms with Gasteiger partial charge in [0.25, 0.3) is 0 Å². The molecule has 0 heterocycles. The molecule has 0 rings (SSSR count). The van der Waals surface area contributed by atoms with Gasteiger partial charge in [0.2, 0.25) is 0 Å². The Balaban J connectivity index is 3.73. The molecule has 1 atom stereocenters. The summed E-state index contributed by atoms with van der Waals surface area (Å²) in [4.78, 5) is 2.48. The third-order valence-corrected chi connectivity index (χ3v) is 3.10. The average molecular weight is 214 g/mol. The average Bonchev–Trinajstić information content (AvgIpc) is 2.17. The van der Waals surface area contributed by atoms with Gasteiger partial charge in [0.05, 0.1) is 0 Å². The Morgan fingerprint density at radius 2 is 1.87 bits per heavy atom. The van der Waals surface area contributed by atoms with Crippen molar-refractivity contribution in [3.8, 4) is 0 Å². The van der Waals surface area contributed by atoms with Gasteiger partial charge in [-0.2, -0.15) is 0 Å². The fourth-order valence-electron chi connectivity index (χ4n) is 1.90. The standard InChI is InChI=1S/C13H30N2/c1-6-7-8-9-15(5)11-13(10-14-4)12(2)3/h12-14H,6-11H2,1-5H3. The van der Waals surface area contributed by atoms with Crippen LogP contribution in [0.4, 0.5) is 0 Å². The van der Waals surface area contributed by atoms with E-state index in [9.17, 15) is 0 Å². The third-order valence-electron chi connectivity index (χ3n) is 3.10. The SMILES string of the molecule is CCCCCN(C)CC(CNC)C(C)C. The second-order valence-corrected chi connectivity index (χ2v) is 5.03. The van der Waals surface area contributed by atoms with Gasteiger partial charge in [-0.15, -0.1) is 0 Å². The van der Waals surface area contributed by atoms with Gasteiger partial charge in [-0.25, -0.2) is 0 Å². The van der Waals surface area contributed by atoms with Crippen LogP contribution in [0.25, 0.3) is 0 Å². The van der Waals surface area contributed by atoms with Crippen molar-refractivity contribution in [3.05, 3.63) is 0 Å². The first-order valence-corrected chi connectivity index (χ1v) is 6.44. The molecule has 0 aliphatic rings. The Bertz CT molecular complexity index is 134. The molecule has 2 heteroatoms. The van der Waals surface area contributed by atoms with Crippen molar-refractivity contribution < 1.29 is 0 Å². The molecule has 0 saturated heterocycles. The van der Waals surface area contributed by atoms with E-state index in [2.05, 4.69) is 38.0 Å². The molecule has 1 unspecified atom stereocenters. The zero-order chi connectivity index (χ0) is 11.7. The van der Waals surface area contributed by atoms with Gasteiger partial charge in [-0.1, -0.05) is 33.6 Å². The van der Waals surface area contributed by atoms with E-state index in [1.54, 1.807) is 0 Å². The van der Waals surface area contributed by atoms with Crippen LogP contribution in [-0.4, -0.2) is 38.6 Å². The minimum Gasteiger partial charge on any atom is -0.319 e. The van der Waals surface area contributed by atoms with E-state index in [1.165, 1.54) is 32.4 Å². The van der Waals surface area contributed by atoms with Crippen molar-refractivity contribution in [1.82, 2.24) is 10.2 Å². The summed E-state index contributed by atoms with van der Waals surface area (Å²) >= 11 is 0. The lowest BCUT2D eigenvalue weighted by molar-refractivity contribution is 0.230. The molecular formula is C13H30N2. The fourth-order valence-corrected chi connectivity index (χ4v) is 1.90. The highest BCUT2D eigenvalue weighted by Gasteiger charge is 2.14. The lowest BCUT2D eigenvalue weighted by atomic mass is 9.95. The summed E-state index contributed by atoms with van der Waals surface area (Å²) < 4.78 is 0. The number of nitrogens with one attached hydrogen (secondary N) is 1. The molecule has 0 aromatic heterocycles. The van der Waals surface area contributed by atoms with E-state index >= 15 is 0 Å². The molecule has 0 aliphatic heterocycles. The summed E-state index contributed by atoms with van der Waals surface area (Å²) in [6.07, 6.45) is 4.03. The van der Waals surface area contributed by atoms with Crippen molar-refractivity contribution in [1.29, 1.82) is 0 Å². The monoisotopic (exact) mass is 214 g/mol. The second-order valence-electron chi connectivity index (χ2n) is 5.03. The van der Waals surface area contributed by atoms with Crippen LogP contribution in [0.5, 0.6) is 0 Å². The maximum Gasteiger partial charge on any atom is 0.00212 e. The first kappa shape index (κ1) is 14.9. The normalized spacial score (nSPS) is 13.8. The number of unbranched alkanes of at least 4 members (excludes halogenated alkanes) is 2. The Morgan fingerprint density at radius 3 is 2.33 bits per heavy atom. The summed E-state index contributed by atoms with van der Waals surface area (Å²) in [5.41, 5.74) is 0. The molecular weight excluding hydrogens is 184 g/mol. The van der Waals surface area contributed by atoms with Crippen LogP contribution < -0.4 is 5.32 Å². The summed E-state index contributed by atoms with van der Waals surface area (Å²) in [5, 5.41) is 3.30. The van der Waals surface area contributed by atoms with Crippen LogP contribution in [-0.2, 0) is 0 Å². The minimum atomic E-state index is 0.770. The first-order valence-electron chi connectivity index (χ1n) is 6.44. The zero-order valence-electron chi connectivity index (χ0n) is 11.3. The Morgan fingerprint density at radius 1 is 1.20 bits per heavy atom. The van der Waals surface area contributed by atoms with Gasteiger partial charge < -0.3 is 10.2 Å². The van der Waals surface area contributed by atoms with Crippen molar-refractivity contribution in [3.63, 3.8) is 0 Å². The maximum atomic E-state index is 3.30. The van der Waals surface area contributed by atoms with Crippen LogP contribution in [0.15, 0.2) is 0 Å². The van der Waals surface area contributed by atoms with Crippen molar-refractivity contribution in [2.45, 2.75) is 40.0 Å². The molecule has 1 N–H and O–H groups in total. The molecule has 92 valence electrons. The molecule has 2 nitrogen and oxygen atoms in total. The summed E-state index contributed by atoms with van der Waals surface area (Å²) in [6.45, 7) is 10.5. The number of hydrogen-bond acceptors (Lipinski definition) is 2. The summed E-state index contributed by atoms with van der Waals surface area (Å²) in [5.74, 6) is 1.55. The van der Waals surface area contributed by atoms with Gasteiger partial charge in [-0.3, -0.25) is 0 Å². The fraction of sp³-hybridized carbons (Fsp3) is 1.00.